The molecule has 1 aliphatic heterocycles. The van der Waals surface area contributed by atoms with Crippen LogP contribution in [0.15, 0.2) is 18.2 Å². The lowest BCUT2D eigenvalue weighted by Gasteiger charge is -2.24. The average molecular weight is 195 g/mol. The van der Waals surface area contributed by atoms with Gasteiger partial charge in [-0.05, 0) is 24.1 Å². The Morgan fingerprint density at radius 3 is 3.00 bits per heavy atom. The van der Waals surface area contributed by atoms with Crippen LogP contribution in [0.3, 0.4) is 0 Å². The molecule has 2 nitrogen and oxygen atoms in total. The van der Waals surface area contributed by atoms with E-state index in [0.717, 1.165) is 18.7 Å². The van der Waals surface area contributed by atoms with E-state index in [9.17, 15) is 4.39 Å². The zero-order valence-corrected chi connectivity index (χ0v) is 8.22. The molecule has 3 heteroatoms. The Hall–Kier alpha value is -0.930. The molecular weight excluding hydrogens is 181 g/mol. The lowest BCUT2D eigenvalue weighted by atomic mass is 10.0. The predicted molar refractivity (Wildman–Crippen MR) is 52.7 cm³/mol. The van der Waals surface area contributed by atoms with Gasteiger partial charge >= 0.3 is 0 Å². The molecule has 0 unspecified atom stereocenters. The molecule has 0 radical (unpaired) electrons. The first-order chi connectivity index (χ1) is 6.77. The number of rotatable bonds is 1. The molecule has 0 bridgehead atoms. The molecular formula is C11H14FNO. The van der Waals surface area contributed by atoms with Gasteiger partial charge in [-0.3, -0.25) is 0 Å². The molecule has 0 amide bonds. The molecule has 1 aromatic rings. The largest absolute Gasteiger partial charge is 0.378 e. The van der Waals surface area contributed by atoms with E-state index in [1.165, 1.54) is 0 Å². The minimum atomic E-state index is -0.144. The summed E-state index contributed by atoms with van der Waals surface area (Å²) in [6.07, 6.45) is 0. The molecule has 0 aliphatic carbocycles. The minimum Gasteiger partial charge on any atom is -0.378 e. The maximum atomic E-state index is 13.3. The first-order valence-corrected chi connectivity index (χ1v) is 4.84. The van der Waals surface area contributed by atoms with Crippen molar-refractivity contribution in [3.8, 4) is 0 Å². The maximum Gasteiger partial charge on any atom is 0.126 e. The van der Waals surface area contributed by atoms with Crippen molar-refractivity contribution < 1.29 is 9.13 Å². The zero-order chi connectivity index (χ0) is 9.97. The van der Waals surface area contributed by atoms with Gasteiger partial charge in [0, 0.05) is 6.54 Å². The van der Waals surface area contributed by atoms with Gasteiger partial charge < -0.3 is 10.1 Å². The Bertz CT molecular complexity index is 321. The highest BCUT2D eigenvalue weighted by atomic mass is 19.1. The molecule has 1 heterocycles. The number of morpholine rings is 1. The number of nitrogens with one attached hydrogen (secondary N) is 1. The smallest absolute Gasteiger partial charge is 0.126 e. The third-order valence-corrected chi connectivity index (χ3v) is 2.52. The SMILES string of the molecule is Cc1ccc([C@H]2COCCN2)cc1F. The number of hydrogen-bond donors (Lipinski definition) is 1. The first-order valence-electron chi connectivity index (χ1n) is 4.84. The van der Waals surface area contributed by atoms with Crippen molar-refractivity contribution in [3.05, 3.63) is 35.1 Å². The summed E-state index contributed by atoms with van der Waals surface area (Å²) >= 11 is 0. The first kappa shape index (κ1) is 9.62. The third-order valence-electron chi connectivity index (χ3n) is 2.52. The van der Waals surface area contributed by atoms with Gasteiger partial charge in [0.15, 0.2) is 0 Å². The Morgan fingerprint density at radius 2 is 2.36 bits per heavy atom. The van der Waals surface area contributed by atoms with Crippen LogP contribution in [-0.2, 0) is 4.74 Å². The van der Waals surface area contributed by atoms with Crippen molar-refractivity contribution in [2.45, 2.75) is 13.0 Å². The van der Waals surface area contributed by atoms with Gasteiger partial charge in [-0.15, -0.1) is 0 Å². The Labute approximate surface area is 83.1 Å². The molecule has 1 aromatic carbocycles. The summed E-state index contributed by atoms with van der Waals surface area (Å²) in [5.74, 6) is -0.144. The van der Waals surface area contributed by atoms with Crippen molar-refractivity contribution in [1.82, 2.24) is 5.32 Å². The van der Waals surface area contributed by atoms with E-state index in [1.807, 2.05) is 6.07 Å². The Morgan fingerprint density at radius 1 is 1.50 bits per heavy atom. The molecule has 14 heavy (non-hydrogen) atoms. The van der Waals surface area contributed by atoms with E-state index >= 15 is 0 Å². The van der Waals surface area contributed by atoms with Gasteiger partial charge in [-0.1, -0.05) is 12.1 Å². The maximum absolute atomic E-state index is 13.3. The lowest BCUT2D eigenvalue weighted by molar-refractivity contribution is 0.0768. The lowest BCUT2D eigenvalue weighted by Crippen LogP contribution is -2.34. The second-order valence-corrected chi connectivity index (χ2v) is 3.59. The molecule has 1 saturated heterocycles. The van der Waals surface area contributed by atoms with E-state index in [2.05, 4.69) is 5.32 Å². The third kappa shape index (κ3) is 1.94. The predicted octanol–water partition coefficient (Wildman–Crippen LogP) is 1.80. The number of ether oxygens (including phenoxy) is 1. The average Bonchev–Trinajstić information content (AvgIpc) is 2.23. The molecule has 1 atom stereocenters. The van der Waals surface area contributed by atoms with Gasteiger partial charge in [0.05, 0.1) is 19.3 Å². The Kier molecular flexibility index (Phi) is 2.79. The van der Waals surface area contributed by atoms with Crippen molar-refractivity contribution in [2.24, 2.45) is 0 Å². The fourth-order valence-electron chi connectivity index (χ4n) is 1.61. The van der Waals surface area contributed by atoms with Crippen LogP contribution in [0.1, 0.15) is 17.2 Å². The quantitative estimate of drug-likeness (QED) is 0.737. The molecule has 2 rings (SSSR count). The molecule has 0 spiro atoms. The van der Waals surface area contributed by atoms with Gasteiger partial charge in [0.25, 0.3) is 0 Å². The summed E-state index contributed by atoms with van der Waals surface area (Å²) in [6, 6.07) is 5.48. The summed E-state index contributed by atoms with van der Waals surface area (Å²) in [6.45, 7) is 3.97. The standard InChI is InChI=1S/C11H14FNO/c1-8-2-3-9(6-10(8)12)11-7-14-5-4-13-11/h2-3,6,11,13H,4-5,7H2,1H3/t11-/m1/s1. The van der Waals surface area contributed by atoms with Crippen LogP contribution in [-0.4, -0.2) is 19.8 Å². The zero-order valence-electron chi connectivity index (χ0n) is 8.22. The summed E-state index contributed by atoms with van der Waals surface area (Å²) in [5.41, 5.74) is 1.65. The van der Waals surface area contributed by atoms with Crippen molar-refractivity contribution in [1.29, 1.82) is 0 Å². The van der Waals surface area contributed by atoms with Gasteiger partial charge in [0.2, 0.25) is 0 Å². The number of hydrogen-bond acceptors (Lipinski definition) is 2. The minimum absolute atomic E-state index is 0.138. The van der Waals surface area contributed by atoms with Crippen LogP contribution < -0.4 is 5.32 Å². The second-order valence-electron chi connectivity index (χ2n) is 3.59. The summed E-state index contributed by atoms with van der Waals surface area (Å²) < 4.78 is 18.6. The highest BCUT2D eigenvalue weighted by Crippen LogP contribution is 2.18. The van der Waals surface area contributed by atoms with E-state index in [1.54, 1.807) is 19.1 Å². The molecule has 1 N–H and O–H groups in total. The molecule has 0 saturated carbocycles. The van der Waals surface area contributed by atoms with Crippen LogP contribution in [0, 0.1) is 12.7 Å². The fourth-order valence-corrected chi connectivity index (χ4v) is 1.61. The van der Waals surface area contributed by atoms with Crippen molar-refractivity contribution in [3.63, 3.8) is 0 Å². The van der Waals surface area contributed by atoms with E-state index < -0.39 is 0 Å². The Balaban J connectivity index is 2.18. The number of benzene rings is 1. The molecule has 0 aromatic heterocycles. The van der Waals surface area contributed by atoms with Gasteiger partial charge in [-0.2, -0.15) is 0 Å². The highest BCUT2D eigenvalue weighted by molar-refractivity contribution is 5.26. The van der Waals surface area contributed by atoms with E-state index in [0.29, 0.717) is 12.2 Å². The summed E-state index contributed by atoms with van der Waals surface area (Å²) in [4.78, 5) is 0. The highest BCUT2D eigenvalue weighted by Gasteiger charge is 2.15. The number of halogens is 1. The monoisotopic (exact) mass is 195 g/mol. The van der Waals surface area contributed by atoms with Gasteiger partial charge in [0.1, 0.15) is 5.82 Å². The van der Waals surface area contributed by atoms with Crippen LogP contribution in [0.5, 0.6) is 0 Å². The fraction of sp³-hybridized carbons (Fsp3) is 0.455. The van der Waals surface area contributed by atoms with Crippen LogP contribution >= 0.6 is 0 Å². The number of aryl methyl sites for hydroxylation is 1. The topological polar surface area (TPSA) is 21.3 Å². The van der Waals surface area contributed by atoms with Crippen LogP contribution in [0.4, 0.5) is 4.39 Å². The van der Waals surface area contributed by atoms with Crippen molar-refractivity contribution >= 4 is 0 Å². The van der Waals surface area contributed by atoms with E-state index in [4.69, 9.17) is 4.74 Å². The van der Waals surface area contributed by atoms with Crippen LogP contribution in [0.25, 0.3) is 0 Å². The molecule has 1 aliphatic rings. The van der Waals surface area contributed by atoms with Gasteiger partial charge in [-0.25, -0.2) is 4.39 Å². The van der Waals surface area contributed by atoms with E-state index in [-0.39, 0.29) is 11.9 Å². The summed E-state index contributed by atoms with van der Waals surface area (Å²) in [7, 11) is 0. The van der Waals surface area contributed by atoms with Crippen molar-refractivity contribution in [2.75, 3.05) is 19.8 Å². The molecule has 76 valence electrons. The normalized spacial score (nSPS) is 22.3. The summed E-state index contributed by atoms with van der Waals surface area (Å²) in [5, 5.41) is 3.29. The van der Waals surface area contributed by atoms with Crippen LogP contribution in [0.2, 0.25) is 0 Å². The second kappa shape index (κ2) is 4.07. The molecule has 1 fully saturated rings.